The minimum Gasteiger partial charge on any atom is -0.462 e. The van der Waals surface area contributed by atoms with Crippen LogP contribution in [-0.4, -0.2) is 204 Å². The highest BCUT2D eigenvalue weighted by Crippen LogP contribution is 2.49. The van der Waals surface area contributed by atoms with E-state index in [0.717, 1.165) is 70.6 Å². The Morgan fingerprint density at radius 2 is 0.825 bits per heavy atom. The lowest BCUT2D eigenvalue weighted by Gasteiger charge is -2.49. The number of carbonyl (C=O) groups excluding carboxylic acids is 2. The smallest absolute Gasteiger partial charge is 0.462 e. The van der Waals surface area contributed by atoms with Crippen LogP contribution in [0.2, 0.25) is 0 Å². The lowest BCUT2D eigenvalue weighted by molar-refractivity contribution is -0.360. The summed E-state index contributed by atoms with van der Waals surface area (Å²) in [6.07, 6.45) is 0.194. The van der Waals surface area contributed by atoms with Crippen LogP contribution < -0.4 is 0 Å². The number of hydrogen-bond acceptors (Lipinski definition) is 22. The molecule has 0 aromatic heterocycles. The van der Waals surface area contributed by atoms with Gasteiger partial charge >= 0.3 is 19.8 Å². The lowest BCUT2D eigenvalue weighted by Crippen LogP contribution is -2.69. The number of unbranched alkanes of at least 4 members (excludes halogenated alkanes) is 21. The van der Waals surface area contributed by atoms with Crippen LogP contribution in [-0.2, 0) is 51.6 Å². The van der Waals surface area contributed by atoms with Crippen molar-refractivity contribution in [2.75, 3.05) is 26.4 Å². The second-order valence-corrected chi connectivity index (χ2v) is 22.9. The summed E-state index contributed by atoms with van der Waals surface area (Å²) in [5, 5.41) is 117. The second kappa shape index (κ2) is 41.1. The van der Waals surface area contributed by atoms with Gasteiger partial charge in [0, 0.05) is 12.8 Å². The molecule has 2 heterocycles. The molecule has 3 rings (SSSR count). The zero-order valence-electron chi connectivity index (χ0n) is 47.3. The third-order valence-electron chi connectivity index (χ3n) is 14.7. The molecule has 2 saturated heterocycles. The first-order valence-corrected chi connectivity index (χ1v) is 31.2. The van der Waals surface area contributed by atoms with Gasteiger partial charge in [-0.25, -0.2) is 4.57 Å². The van der Waals surface area contributed by atoms with Crippen molar-refractivity contribution in [1.82, 2.24) is 0 Å². The van der Waals surface area contributed by atoms with Crippen LogP contribution in [0.3, 0.4) is 0 Å². The first-order chi connectivity index (χ1) is 38.4. The molecule has 24 heteroatoms. The highest BCUT2D eigenvalue weighted by molar-refractivity contribution is 7.47. The number of aliphatic hydroxyl groups excluding tert-OH is 11. The molecule has 0 bridgehead atoms. The van der Waals surface area contributed by atoms with E-state index in [-0.39, 0.29) is 12.8 Å². The third-order valence-corrected chi connectivity index (χ3v) is 15.7. The summed E-state index contributed by atoms with van der Waals surface area (Å²) in [4.78, 5) is 37.5. The van der Waals surface area contributed by atoms with Gasteiger partial charge in [-0.2, -0.15) is 0 Å². The van der Waals surface area contributed by atoms with E-state index in [4.69, 9.17) is 37.5 Å². The Kier molecular flexibility index (Phi) is 37.1. The maximum Gasteiger partial charge on any atom is 0.472 e. The van der Waals surface area contributed by atoms with Crippen LogP contribution in [0, 0.1) is 0 Å². The standard InChI is InChI=1S/C56H101O23P/c1-3-5-7-9-11-13-15-17-18-19-21-22-24-26-28-30-32-41(59)72-36-38(74-42(60)33-31-29-27-25-23-20-16-14-12-10-8-6-4-2)37-73-80(70,71)79-54-52(77-55-50(68)45(63)43(61)39(34-57)75-55)48(66)47(65)49(67)53(54)78-56-51(69)46(64)44(62)40(35-58)76-56/h14,16,18-19,38-40,43-58,61-69H,3-13,15,17,20-37H2,1-2H3,(H,70,71)/b16-14-,19-18-/t38-,39?,40?,43-,44+,45?,46?,47?,48?,49?,50-,51+,52-,53?,54?,55-,56+/m1/s1. The van der Waals surface area contributed by atoms with Crippen LogP contribution >= 0.6 is 7.82 Å². The number of carbonyl (C=O) groups is 2. The van der Waals surface area contributed by atoms with Crippen molar-refractivity contribution in [3.8, 4) is 0 Å². The number of aliphatic hydroxyl groups is 11. The van der Waals surface area contributed by atoms with Crippen LogP contribution in [0.25, 0.3) is 0 Å². The number of allylic oxidation sites excluding steroid dienone is 4. The van der Waals surface area contributed by atoms with Gasteiger partial charge in [0.05, 0.1) is 19.8 Å². The minimum absolute atomic E-state index is 0.0417. The molecule has 3 aliphatic rings. The summed E-state index contributed by atoms with van der Waals surface area (Å²) in [6, 6.07) is 0. The summed E-state index contributed by atoms with van der Waals surface area (Å²) in [6.45, 7) is 0.969. The molecule has 80 heavy (non-hydrogen) atoms. The first-order valence-electron chi connectivity index (χ1n) is 29.7. The monoisotopic (exact) mass is 1170 g/mol. The predicted octanol–water partition coefficient (Wildman–Crippen LogP) is 4.10. The van der Waals surface area contributed by atoms with Crippen molar-refractivity contribution in [3.05, 3.63) is 24.3 Å². The number of esters is 2. The Morgan fingerprint density at radius 1 is 0.463 bits per heavy atom. The maximum atomic E-state index is 14.0. The highest BCUT2D eigenvalue weighted by Gasteiger charge is 2.58. The van der Waals surface area contributed by atoms with Gasteiger partial charge in [-0.05, 0) is 64.2 Å². The van der Waals surface area contributed by atoms with E-state index in [2.05, 4.69) is 38.2 Å². The summed E-state index contributed by atoms with van der Waals surface area (Å²) in [5.41, 5.74) is 0. The molecule has 1 aliphatic carbocycles. The van der Waals surface area contributed by atoms with E-state index in [0.29, 0.717) is 19.3 Å². The molecule has 18 atom stereocenters. The van der Waals surface area contributed by atoms with Crippen molar-refractivity contribution >= 4 is 19.8 Å². The van der Waals surface area contributed by atoms with Crippen molar-refractivity contribution in [2.45, 2.75) is 291 Å². The molecule has 0 amide bonds. The maximum absolute atomic E-state index is 14.0. The summed E-state index contributed by atoms with van der Waals surface area (Å²) >= 11 is 0. The molecule has 23 nitrogen and oxygen atoms in total. The molecule has 1 saturated carbocycles. The van der Waals surface area contributed by atoms with Gasteiger partial charge in [-0.3, -0.25) is 18.6 Å². The molecule has 0 radical (unpaired) electrons. The molecular formula is C56H101O23P. The average molecular weight is 1170 g/mol. The molecule has 12 N–H and O–H groups in total. The topological polar surface area (TPSA) is 368 Å². The Bertz CT molecular complexity index is 1690. The summed E-state index contributed by atoms with van der Waals surface area (Å²) in [7, 11) is -5.64. The molecule has 468 valence electrons. The largest absolute Gasteiger partial charge is 0.472 e. The Labute approximate surface area is 473 Å². The Morgan fingerprint density at radius 3 is 1.24 bits per heavy atom. The normalized spacial score (nSPS) is 31.4. The fraction of sp³-hybridized carbons (Fsp3) is 0.893. The average Bonchev–Trinajstić information content (AvgIpc) is 3.44. The zero-order chi connectivity index (χ0) is 58.9. The van der Waals surface area contributed by atoms with E-state index < -0.39 is 150 Å². The number of rotatable bonds is 43. The molecule has 10 unspecified atom stereocenters. The zero-order valence-corrected chi connectivity index (χ0v) is 48.2. The number of phosphoric acid groups is 1. The van der Waals surface area contributed by atoms with Gasteiger partial charge in [0.1, 0.15) is 92.1 Å². The molecular weight excluding hydrogens is 1070 g/mol. The van der Waals surface area contributed by atoms with Crippen LogP contribution in [0.1, 0.15) is 187 Å². The molecule has 0 aromatic carbocycles. The van der Waals surface area contributed by atoms with Crippen molar-refractivity contribution in [2.24, 2.45) is 0 Å². The highest BCUT2D eigenvalue weighted by atomic mass is 31.2. The van der Waals surface area contributed by atoms with Gasteiger partial charge in [-0.1, -0.05) is 134 Å². The van der Waals surface area contributed by atoms with Crippen LogP contribution in [0.4, 0.5) is 0 Å². The third kappa shape index (κ3) is 26.5. The van der Waals surface area contributed by atoms with Gasteiger partial charge < -0.3 is 89.5 Å². The summed E-state index contributed by atoms with van der Waals surface area (Å²) < 4.78 is 58.1. The Balaban J connectivity index is 1.70. The van der Waals surface area contributed by atoms with E-state index in [1.54, 1.807) is 0 Å². The van der Waals surface area contributed by atoms with Gasteiger partial charge in [0.15, 0.2) is 18.7 Å². The van der Waals surface area contributed by atoms with Crippen molar-refractivity contribution in [3.63, 3.8) is 0 Å². The molecule has 0 aromatic rings. The van der Waals surface area contributed by atoms with Crippen molar-refractivity contribution < 1.29 is 113 Å². The number of ether oxygens (including phenoxy) is 6. The number of phosphoric ester groups is 1. The quantitative estimate of drug-likeness (QED) is 0.0177. The van der Waals surface area contributed by atoms with Crippen molar-refractivity contribution in [1.29, 1.82) is 0 Å². The number of hydrogen-bond donors (Lipinski definition) is 12. The SMILES string of the molecule is CCCCCC/C=C\CCCCCCCC(=O)O[C@H](COC(=O)CCCCCCC/C=C\CCCCCCCCC)COP(=O)(O)OC1C(O[C@@H]2OC(CO)[C@H](O)C(O)[C@@H]2O)C(O)C(O)C(O)[C@H]1O[C@H]1OC(CO)[C@@H](O)C(O)[C@H]1O. The molecule has 2 aliphatic heterocycles. The molecule has 3 fully saturated rings. The van der Waals surface area contributed by atoms with Gasteiger partial charge in [0.2, 0.25) is 0 Å². The van der Waals surface area contributed by atoms with E-state index in [1.165, 1.54) is 70.6 Å². The lowest BCUT2D eigenvalue weighted by atomic mass is 9.84. The van der Waals surface area contributed by atoms with Crippen LogP contribution in [0.15, 0.2) is 24.3 Å². The Hall–Kier alpha value is -2.07. The van der Waals surface area contributed by atoms with Gasteiger partial charge in [-0.15, -0.1) is 0 Å². The van der Waals surface area contributed by atoms with E-state index >= 15 is 0 Å². The fourth-order valence-corrected chi connectivity index (χ4v) is 10.7. The fourth-order valence-electron chi connectivity index (χ4n) is 9.76. The van der Waals surface area contributed by atoms with E-state index in [1.807, 2.05) is 0 Å². The van der Waals surface area contributed by atoms with E-state index in [9.17, 15) is 75.2 Å². The molecule has 0 spiro atoms. The summed E-state index contributed by atoms with van der Waals surface area (Å²) in [5.74, 6) is -1.35. The van der Waals surface area contributed by atoms with Gasteiger partial charge in [0.25, 0.3) is 0 Å². The minimum atomic E-state index is -5.64. The predicted molar refractivity (Wildman–Crippen MR) is 291 cm³/mol. The van der Waals surface area contributed by atoms with Crippen LogP contribution in [0.5, 0.6) is 0 Å². The second-order valence-electron chi connectivity index (χ2n) is 21.5. The first kappa shape index (κ1) is 72.2.